The molecule has 0 atom stereocenters. The zero-order valence-corrected chi connectivity index (χ0v) is 8.73. The van der Waals surface area contributed by atoms with Gasteiger partial charge in [0.25, 0.3) is 0 Å². The summed E-state index contributed by atoms with van der Waals surface area (Å²) in [6.45, 7) is 5.26. The molecule has 2 nitrogen and oxygen atoms in total. The minimum atomic E-state index is -0.886. The third kappa shape index (κ3) is 3.09. The molecule has 2 heteroatoms. The monoisotopic (exact) mass is 202 g/mol. The summed E-state index contributed by atoms with van der Waals surface area (Å²) in [5.41, 5.74) is 2.37. The zero-order chi connectivity index (χ0) is 11.3. The van der Waals surface area contributed by atoms with Crippen molar-refractivity contribution < 1.29 is 9.90 Å². The van der Waals surface area contributed by atoms with E-state index in [1.54, 1.807) is 13.0 Å². The van der Waals surface area contributed by atoms with Gasteiger partial charge in [-0.15, -0.1) is 6.58 Å². The van der Waals surface area contributed by atoms with Crippen LogP contribution in [-0.2, 0) is 11.2 Å². The number of aliphatic carboxylic acids is 1. The standard InChI is InChI=1S/C13H14O2/c1-3-6-11-7-4-5-8-12(11)9-10(2)13(14)15/h3-5,7-9H,1,6H2,2H3,(H,14,15). The van der Waals surface area contributed by atoms with Crippen LogP contribution in [0, 0.1) is 0 Å². The highest BCUT2D eigenvalue weighted by molar-refractivity contribution is 5.91. The molecule has 15 heavy (non-hydrogen) atoms. The molecule has 1 N–H and O–H groups in total. The summed E-state index contributed by atoms with van der Waals surface area (Å²) in [4.78, 5) is 10.7. The quantitative estimate of drug-likeness (QED) is 0.602. The molecule has 0 aromatic heterocycles. The van der Waals surface area contributed by atoms with Crippen molar-refractivity contribution in [1.29, 1.82) is 0 Å². The van der Waals surface area contributed by atoms with Gasteiger partial charge in [0.15, 0.2) is 0 Å². The summed E-state index contributed by atoms with van der Waals surface area (Å²) >= 11 is 0. The van der Waals surface area contributed by atoms with Crippen molar-refractivity contribution in [3.05, 3.63) is 53.6 Å². The summed E-state index contributed by atoms with van der Waals surface area (Å²) in [5.74, 6) is -0.886. The van der Waals surface area contributed by atoms with E-state index in [4.69, 9.17) is 5.11 Å². The van der Waals surface area contributed by atoms with E-state index in [-0.39, 0.29) is 0 Å². The van der Waals surface area contributed by atoms with Crippen LogP contribution in [0.2, 0.25) is 0 Å². The third-order valence-corrected chi connectivity index (χ3v) is 2.13. The Bertz CT molecular complexity index is 403. The highest BCUT2D eigenvalue weighted by Gasteiger charge is 2.02. The maximum Gasteiger partial charge on any atom is 0.331 e. The van der Waals surface area contributed by atoms with Crippen LogP contribution in [0.5, 0.6) is 0 Å². The fourth-order valence-corrected chi connectivity index (χ4v) is 1.31. The molecular weight excluding hydrogens is 188 g/mol. The van der Waals surface area contributed by atoms with Crippen molar-refractivity contribution in [3.8, 4) is 0 Å². The van der Waals surface area contributed by atoms with Gasteiger partial charge in [-0.1, -0.05) is 30.3 Å². The van der Waals surface area contributed by atoms with Crippen molar-refractivity contribution in [2.45, 2.75) is 13.3 Å². The Labute approximate surface area is 89.6 Å². The molecule has 0 spiro atoms. The lowest BCUT2D eigenvalue weighted by atomic mass is 10.0. The van der Waals surface area contributed by atoms with Gasteiger partial charge in [0.1, 0.15) is 0 Å². The van der Waals surface area contributed by atoms with Crippen LogP contribution < -0.4 is 0 Å². The summed E-state index contributed by atoms with van der Waals surface area (Å²) in [6, 6.07) is 7.72. The molecule has 1 aromatic rings. The van der Waals surface area contributed by atoms with Crippen LogP contribution in [0.15, 0.2) is 42.5 Å². The van der Waals surface area contributed by atoms with Gasteiger partial charge < -0.3 is 5.11 Å². The second-order valence-electron chi connectivity index (χ2n) is 3.32. The van der Waals surface area contributed by atoms with Crippen molar-refractivity contribution in [1.82, 2.24) is 0 Å². The number of benzene rings is 1. The molecule has 0 aliphatic carbocycles. The zero-order valence-electron chi connectivity index (χ0n) is 8.73. The molecule has 0 fully saturated rings. The van der Waals surface area contributed by atoms with E-state index in [0.717, 1.165) is 17.5 Å². The van der Waals surface area contributed by atoms with Crippen molar-refractivity contribution in [2.24, 2.45) is 0 Å². The molecule has 0 aliphatic rings. The number of hydrogen-bond donors (Lipinski definition) is 1. The van der Waals surface area contributed by atoms with Gasteiger partial charge in [-0.25, -0.2) is 4.79 Å². The van der Waals surface area contributed by atoms with Crippen LogP contribution in [0.4, 0.5) is 0 Å². The van der Waals surface area contributed by atoms with E-state index in [2.05, 4.69) is 6.58 Å². The lowest BCUT2D eigenvalue weighted by Gasteiger charge is -2.03. The molecule has 0 saturated heterocycles. The Morgan fingerprint density at radius 1 is 1.47 bits per heavy atom. The van der Waals surface area contributed by atoms with Gasteiger partial charge in [0, 0.05) is 5.57 Å². The molecule has 0 bridgehead atoms. The van der Waals surface area contributed by atoms with E-state index >= 15 is 0 Å². The van der Waals surface area contributed by atoms with Crippen LogP contribution in [0.1, 0.15) is 18.1 Å². The summed E-state index contributed by atoms with van der Waals surface area (Å²) in [6.07, 6.45) is 4.24. The number of allylic oxidation sites excluding steroid dienone is 1. The molecule has 0 aliphatic heterocycles. The molecule has 0 amide bonds. The SMILES string of the molecule is C=CCc1ccccc1C=C(C)C(=O)O. The molecule has 0 unspecified atom stereocenters. The second kappa shape index (κ2) is 5.15. The Balaban J connectivity index is 3.08. The average Bonchev–Trinajstić information content (AvgIpc) is 2.21. The van der Waals surface area contributed by atoms with Crippen LogP contribution in [-0.4, -0.2) is 11.1 Å². The molecular formula is C13H14O2. The maximum absolute atomic E-state index is 10.7. The highest BCUT2D eigenvalue weighted by Crippen LogP contribution is 2.14. The Morgan fingerprint density at radius 3 is 2.73 bits per heavy atom. The van der Waals surface area contributed by atoms with Gasteiger partial charge in [0.05, 0.1) is 0 Å². The largest absolute Gasteiger partial charge is 0.478 e. The van der Waals surface area contributed by atoms with Crippen molar-refractivity contribution >= 4 is 12.0 Å². The number of carboxylic acid groups (broad SMARTS) is 1. The number of hydrogen-bond acceptors (Lipinski definition) is 1. The first-order chi connectivity index (χ1) is 7.15. The highest BCUT2D eigenvalue weighted by atomic mass is 16.4. The second-order valence-corrected chi connectivity index (χ2v) is 3.32. The van der Waals surface area contributed by atoms with Crippen LogP contribution >= 0.6 is 0 Å². The fraction of sp³-hybridized carbons (Fsp3) is 0.154. The topological polar surface area (TPSA) is 37.3 Å². The Hall–Kier alpha value is -1.83. The normalized spacial score (nSPS) is 11.1. The van der Waals surface area contributed by atoms with E-state index < -0.39 is 5.97 Å². The molecule has 78 valence electrons. The molecule has 0 heterocycles. The smallest absolute Gasteiger partial charge is 0.331 e. The summed E-state index contributed by atoms with van der Waals surface area (Å²) in [7, 11) is 0. The first-order valence-electron chi connectivity index (χ1n) is 4.75. The minimum absolute atomic E-state index is 0.339. The first-order valence-corrected chi connectivity index (χ1v) is 4.75. The van der Waals surface area contributed by atoms with Gasteiger partial charge in [-0.05, 0) is 30.5 Å². The van der Waals surface area contributed by atoms with Gasteiger partial charge >= 0.3 is 5.97 Å². The predicted molar refractivity (Wildman–Crippen MR) is 61.6 cm³/mol. The van der Waals surface area contributed by atoms with E-state index in [9.17, 15) is 4.79 Å². The van der Waals surface area contributed by atoms with Crippen LogP contribution in [0.3, 0.4) is 0 Å². The number of carbonyl (C=O) groups is 1. The Kier molecular flexibility index (Phi) is 3.86. The number of carboxylic acids is 1. The summed E-state index contributed by atoms with van der Waals surface area (Å²) in [5, 5.41) is 8.78. The predicted octanol–water partition coefficient (Wildman–Crippen LogP) is 2.90. The van der Waals surface area contributed by atoms with E-state index in [0.29, 0.717) is 5.57 Å². The van der Waals surface area contributed by atoms with Crippen molar-refractivity contribution in [3.63, 3.8) is 0 Å². The fourth-order valence-electron chi connectivity index (χ4n) is 1.31. The third-order valence-electron chi connectivity index (χ3n) is 2.13. The van der Waals surface area contributed by atoms with Gasteiger partial charge in [-0.3, -0.25) is 0 Å². The number of rotatable bonds is 4. The molecule has 0 radical (unpaired) electrons. The molecule has 1 rings (SSSR count). The molecule has 0 saturated carbocycles. The maximum atomic E-state index is 10.7. The summed E-state index contributed by atoms with van der Waals surface area (Å²) < 4.78 is 0. The van der Waals surface area contributed by atoms with Gasteiger partial charge in [-0.2, -0.15) is 0 Å². The van der Waals surface area contributed by atoms with Crippen molar-refractivity contribution in [2.75, 3.05) is 0 Å². The average molecular weight is 202 g/mol. The molecule has 1 aromatic carbocycles. The van der Waals surface area contributed by atoms with Crippen LogP contribution in [0.25, 0.3) is 6.08 Å². The lowest BCUT2D eigenvalue weighted by molar-refractivity contribution is -0.132. The first kappa shape index (κ1) is 11.2. The lowest BCUT2D eigenvalue weighted by Crippen LogP contribution is -1.96. The minimum Gasteiger partial charge on any atom is -0.478 e. The van der Waals surface area contributed by atoms with E-state index in [1.165, 1.54) is 0 Å². The van der Waals surface area contributed by atoms with Gasteiger partial charge in [0.2, 0.25) is 0 Å². The Morgan fingerprint density at radius 2 is 2.13 bits per heavy atom. The van der Waals surface area contributed by atoms with E-state index in [1.807, 2.05) is 30.3 Å².